The Morgan fingerprint density at radius 3 is 2.33 bits per heavy atom. The van der Waals surface area contributed by atoms with E-state index in [0.717, 1.165) is 12.0 Å². The highest BCUT2D eigenvalue weighted by atomic mass is 16.6. The number of carbonyl (C=O) groups is 5. The van der Waals surface area contributed by atoms with Crippen LogP contribution in [0.5, 0.6) is 6.01 Å². The second-order valence-corrected chi connectivity index (χ2v) is 20.4. The van der Waals surface area contributed by atoms with Crippen molar-refractivity contribution in [1.82, 2.24) is 25.5 Å². The molecule has 70 heavy (non-hydrogen) atoms. The molecule has 18 nitrogen and oxygen atoms in total. The van der Waals surface area contributed by atoms with Gasteiger partial charge in [0.15, 0.2) is 5.78 Å². The number of rotatable bonds is 8. The topological polar surface area (TPSA) is 239 Å². The summed E-state index contributed by atoms with van der Waals surface area (Å²) in [6, 6.07) is -1.03. The minimum atomic E-state index is -2.44. The highest BCUT2D eigenvalue weighted by molar-refractivity contribution is 6.39. The van der Waals surface area contributed by atoms with Crippen LogP contribution in [-0.4, -0.2) is 147 Å². The molecule has 5 rings (SSSR count). The molecule has 0 aromatic carbocycles. The van der Waals surface area contributed by atoms with Gasteiger partial charge in [0, 0.05) is 58.5 Å². The van der Waals surface area contributed by atoms with Gasteiger partial charge in [0.2, 0.25) is 5.79 Å². The fourth-order valence-electron chi connectivity index (χ4n) is 10.6. The van der Waals surface area contributed by atoms with E-state index in [9.17, 15) is 34.2 Å². The van der Waals surface area contributed by atoms with Gasteiger partial charge in [0.05, 0.1) is 18.3 Å². The Morgan fingerprint density at radius 2 is 1.64 bits per heavy atom. The molecule has 0 spiro atoms. The molecular weight excluding hydrogens is 903 g/mol. The van der Waals surface area contributed by atoms with Gasteiger partial charge in [-0.1, -0.05) is 81.3 Å². The van der Waals surface area contributed by atoms with E-state index in [4.69, 9.17) is 28.4 Å². The van der Waals surface area contributed by atoms with Crippen LogP contribution in [0.3, 0.4) is 0 Å². The van der Waals surface area contributed by atoms with E-state index >= 15 is 0 Å². The smallest absolute Gasteiger partial charge is 0.356 e. The summed E-state index contributed by atoms with van der Waals surface area (Å²) in [5.41, 5.74) is 1.26. The first-order valence-corrected chi connectivity index (χ1v) is 25.2. The standard InChI is InChI=1S/C52H79N5O13/c1-30-16-12-11-13-17-31(2)42(65-8)28-38-21-19-36(7)52(64,70-38)48(61)49(62)57-23-15-14-18-39(57)50(63)68-43(29-40(58)32(3)25-35(6)46(60)47(67-10)45(59)34(5)24-30)33(4)26-37-20-22-41(44(27-37)66-9)69-51-53-55-56-54-51/h11-13,16-17,25,30,32-34,36-39,41-44,46-47,60,64H,14-15,18-24,26-29H2,1-10H3,(H,53,54,55,56)/b13-11+,16-12-,31-17+,35-25+/t30-,32-,33-,34-,36-,37-,38+,39+,41-,42+,43+,44-,46-,47+,52-/m1/s1. The molecule has 1 amide bonds. The van der Waals surface area contributed by atoms with Crippen molar-refractivity contribution in [3.63, 3.8) is 0 Å². The number of aromatic nitrogens is 4. The van der Waals surface area contributed by atoms with Gasteiger partial charge in [0.1, 0.15) is 36.2 Å². The third-order valence-corrected chi connectivity index (χ3v) is 15.0. The lowest BCUT2D eigenvalue weighted by molar-refractivity contribution is -0.265. The molecule has 4 heterocycles. The number of allylic oxidation sites excluding steroid dienone is 6. The fourth-order valence-corrected chi connectivity index (χ4v) is 10.6. The molecule has 4 aliphatic rings. The molecule has 0 unspecified atom stereocenters. The van der Waals surface area contributed by atoms with E-state index in [0.29, 0.717) is 63.4 Å². The number of ketones is 3. The Morgan fingerprint density at radius 1 is 0.886 bits per heavy atom. The summed E-state index contributed by atoms with van der Waals surface area (Å²) < 4.78 is 35.7. The predicted octanol–water partition coefficient (Wildman–Crippen LogP) is 5.78. The average molecular weight is 982 g/mol. The second kappa shape index (κ2) is 26.3. The Labute approximate surface area is 413 Å². The number of hydrogen-bond acceptors (Lipinski definition) is 16. The summed E-state index contributed by atoms with van der Waals surface area (Å²) in [7, 11) is 4.57. The minimum Gasteiger partial charge on any atom is -0.460 e. The number of H-pyrrole nitrogens is 1. The number of fused-ring (bicyclic) bond motifs is 3. The van der Waals surface area contributed by atoms with Crippen LogP contribution in [0.2, 0.25) is 0 Å². The third kappa shape index (κ3) is 14.6. The van der Waals surface area contributed by atoms with E-state index in [2.05, 4.69) is 20.6 Å². The van der Waals surface area contributed by atoms with E-state index in [-0.39, 0.29) is 66.9 Å². The lowest BCUT2D eigenvalue weighted by Crippen LogP contribution is -2.61. The van der Waals surface area contributed by atoms with E-state index < -0.39 is 77.8 Å². The van der Waals surface area contributed by atoms with Gasteiger partial charge in [-0.25, -0.2) is 4.79 Å². The molecule has 3 N–H and O–H groups in total. The van der Waals surface area contributed by atoms with Crippen molar-refractivity contribution in [2.75, 3.05) is 27.9 Å². The SMILES string of the molecule is CO[C@H]1C[C@@H]2CC[C@@H](C)[C@@](O)(O2)C(=O)C(=O)N2CCCC[C@H]2C(=O)O[C@H]([C@H](C)C[C@H]2CC[C@@H](Oc3nn[nH]n3)[C@H](OC)C2)CC(=O)[C@H](C)/C=C(\C)[C@@H](O)[C@@H](OC)C(=O)[C@H](C)C[C@H](C)\C=C/C=C/C=C/1C. The fraction of sp³-hybridized carbons (Fsp3) is 0.731. The van der Waals surface area contributed by atoms with E-state index in [1.54, 1.807) is 41.1 Å². The molecule has 1 saturated carbocycles. The number of hydrogen-bond donors (Lipinski definition) is 3. The quantitative estimate of drug-likeness (QED) is 0.159. The largest absolute Gasteiger partial charge is 0.460 e. The van der Waals surface area contributed by atoms with Crippen LogP contribution in [0.1, 0.15) is 126 Å². The summed E-state index contributed by atoms with van der Waals surface area (Å²) in [6.07, 6.45) is 11.5. The number of amides is 1. The molecular formula is C52H79N5O13. The highest BCUT2D eigenvalue weighted by Gasteiger charge is 2.53. The van der Waals surface area contributed by atoms with Crippen molar-refractivity contribution < 1.29 is 62.6 Å². The van der Waals surface area contributed by atoms with Gasteiger partial charge >= 0.3 is 12.0 Å². The Balaban J connectivity index is 1.45. The summed E-state index contributed by atoms with van der Waals surface area (Å²) in [5.74, 6) is -8.09. The number of carbonyl (C=O) groups excluding carboxylic acids is 5. The molecule has 2 bridgehead atoms. The van der Waals surface area contributed by atoms with Crippen LogP contribution < -0.4 is 4.74 Å². The second-order valence-electron chi connectivity index (χ2n) is 20.4. The van der Waals surface area contributed by atoms with Gasteiger partial charge in [-0.05, 0) is 112 Å². The maximum Gasteiger partial charge on any atom is 0.356 e. The zero-order valence-electron chi connectivity index (χ0n) is 42.9. The van der Waals surface area contributed by atoms with Crippen LogP contribution in [0, 0.1) is 35.5 Å². The minimum absolute atomic E-state index is 0.0120. The molecule has 390 valence electrons. The number of esters is 1. The van der Waals surface area contributed by atoms with Gasteiger partial charge in [-0.15, -0.1) is 0 Å². The van der Waals surface area contributed by atoms with Crippen molar-refractivity contribution in [1.29, 1.82) is 0 Å². The summed E-state index contributed by atoms with van der Waals surface area (Å²) in [5, 5.41) is 37.3. The zero-order valence-corrected chi connectivity index (χ0v) is 42.9. The Hall–Kier alpha value is -4.46. The number of aromatic amines is 1. The lowest BCUT2D eigenvalue weighted by atomic mass is 9.78. The van der Waals surface area contributed by atoms with Crippen molar-refractivity contribution in [2.45, 2.75) is 180 Å². The van der Waals surface area contributed by atoms with Gasteiger partial charge in [-0.2, -0.15) is 5.21 Å². The molecule has 15 atom stereocenters. The zero-order chi connectivity index (χ0) is 51.3. The number of Topliss-reactive ketones (excluding diaryl/α,β-unsaturated/α-hetero) is 3. The molecule has 1 aromatic heterocycles. The van der Waals surface area contributed by atoms with Crippen molar-refractivity contribution >= 4 is 29.2 Å². The van der Waals surface area contributed by atoms with Gasteiger partial charge < -0.3 is 43.5 Å². The first-order chi connectivity index (χ1) is 33.3. The third-order valence-electron chi connectivity index (χ3n) is 15.0. The number of methoxy groups -OCH3 is 3. The molecule has 18 heteroatoms. The molecule has 0 radical (unpaired) electrons. The molecule has 3 fully saturated rings. The number of cyclic esters (lactones) is 1. The first-order valence-electron chi connectivity index (χ1n) is 25.2. The predicted molar refractivity (Wildman–Crippen MR) is 258 cm³/mol. The van der Waals surface area contributed by atoms with Crippen molar-refractivity contribution in [3.8, 4) is 6.01 Å². The number of nitrogens with one attached hydrogen (secondary N) is 1. The average Bonchev–Trinajstić information content (AvgIpc) is 3.86. The van der Waals surface area contributed by atoms with Crippen LogP contribution in [0.25, 0.3) is 0 Å². The molecule has 3 aliphatic heterocycles. The van der Waals surface area contributed by atoms with Crippen molar-refractivity contribution in [3.05, 3.63) is 47.6 Å². The lowest BCUT2D eigenvalue weighted by Gasteiger charge is -2.42. The number of tetrazole rings is 1. The first kappa shape index (κ1) is 56.5. The van der Waals surface area contributed by atoms with E-state index in [1.807, 2.05) is 58.1 Å². The van der Waals surface area contributed by atoms with E-state index in [1.165, 1.54) is 12.0 Å². The summed E-state index contributed by atoms with van der Waals surface area (Å²) in [4.78, 5) is 72.3. The summed E-state index contributed by atoms with van der Waals surface area (Å²) >= 11 is 0. The van der Waals surface area contributed by atoms with Gasteiger partial charge in [-0.3, -0.25) is 19.2 Å². The van der Waals surface area contributed by atoms with Gasteiger partial charge in [0.25, 0.3) is 11.7 Å². The number of aliphatic hydroxyl groups is 2. The number of nitrogens with zero attached hydrogens (tertiary/aromatic N) is 4. The molecule has 1 aliphatic carbocycles. The maximum absolute atomic E-state index is 14.5. The monoisotopic (exact) mass is 982 g/mol. The Kier molecular flexibility index (Phi) is 21.2. The number of piperidine rings is 1. The van der Waals surface area contributed by atoms with Crippen molar-refractivity contribution in [2.24, 2.45) is 35.5 Å². The summed E-state index contributed by atoms with van der Waals surface area (Å²) in [6.45, 7) is 12.7. The van der Waals surface area contributed by atoms with Crippen LogP contribution in [0.15, 0.2) is 47.6 Å². The van der Waals surface area contributed by atoms with Crippen LogP contribution in [0.4, 0.5) is 0 Å². The maximum atomic E-state index is 14.5. The Bertz CT molecular complexity index is 2040. The normalized spacial score (nSPS) is 38.3. The number of ether oxygens (including phenoxy) is 6. The number of aliphatic hydroxyl groups excluding tert-OH is 1. The molecule has 2 saturated heterocycles. The van der Waals surface area contributed by atoms with Crippen LogP contribution in [-0.2, 0) is 47.7 Å². The highest BCUT2D eigenvalue weighted by Crippen LogP contribution is 2.38. The van der Waals surface area contributed by atoms with Crippen LogP contribution >= 0.6 is 0 Å². The molecule has 1 aromatic rings.